The maximum Gasteiger partial charge on any atom is 0.280 e. The first kappa shape index (κ1) is 11.2. The average molecular weight is 234 g/mol. The first-order chi connectivity index (χ1) is 8.22. The summed E-state index contributed by atoms with van der Waals surface area (Å²) in [6, 6.07) is 6.28. The van der Waals surface area contributed by atoms with Gasteiger partial charge in [0.2, 0.25) is 11.7 Å². The van der Waals surface area contributed by atoms with Crippen molar-refractivity contribution in [3.8, 4) is 11.4 Å². The molecule has 7 heteroatoms. The van der Waals surface area contributed by atoms with Crippen LogP contribution in [0.4, 0.5) is 5.69 Å². The molecule has 1 heterocycles. The van der Waals surface area contributed by atoms with Crippen molar-refractivity contribution in [1.82, 2.24) is 15.5 Å². The van der Waals surface area contributed by atoms with Gasteiger partial charge in [-0.1, -0.05) is 17.3 Å². The van der Waals surface area contributed by atoms with Gasteiger partial charge in [0, 0.05) is 6.07 Å². The standard InChI is InChI=1S/C10H10N4O3/c1-11-6-9-12-10(13-17-9)7-4-2-3-5-8(7)14(15)16/h2-5,11H,6H2,1H3. The maximum absolute atomic E-state index is 10.8. The molecule has 7 nitrogen and oxygen atoms in total. The van der Waals surface area contributed by atoms with E-state index in [1.807, 2.05) is 0 Å². The zero-order chi connectivity index (χ0) is 12.3. The fourth-order valence-corrected chi connectivity index (χ4v) is 1.41. The Morgan fingerprint density at radius 1 is 1.47 bits per heavy atom. The van der Waals surface area contributed by atoms with Crippen LogP contribution in [0.3, 0.4) is 0 Å². The smallest absolute Gasteiger partial charge is 0.280 e. The number of nitro groups is 1. The second-order valence-electron chi connectivity index (χ2n) is 3.32. The summed E-state index contributed by atoms with van der Waals surface area (Å²) < 4.78 is 4.95. The van der Waals surface area contributed by atoms with Gasteiger partial charge in [0.05, 0.1) is 11.5 Å². The lowest BCUT2D eigenvalue weighted by molar-refractivity contribution is -0.384. The lowest BCUT2D eigenvalue weighted by Crippen LogP contribution is -2.04. The molecule has 1 aromatic heterocycles. The third-order valence-corrected chi connectivity index (χ3v) is 2.14. The van der Waals surface area contributed by atoms with Gasteiger partial charge in [-0.2, -0.15) is 4.98 Å². The predicted octanol–water partition coefficient (Wildman–Crippen LogP) is 1.36. The Morgan fingerprint density at radius 2 is 2.24 bits per heavy atom. The Bertz CT molecular complexity index is 538. The summed E-state index contributed by atoms with van der Waals surface area (Å²) in [5.41, 5.74) is 0.313. The van der Waals surface area contributed by atoms with Gasteiger partial charge in [-0.3, -0.25) is 10.1 Å². The predicted molar refractivity (Wildman–Crippen MR) is 59.2 cm³/mol. The van der Waals surface area contributed by atoms with Crippen LogP contribution in [0.15, 0.2) is 28.8 Å². The van der Waals surface area contributed by atoms with Crippen molar-refractivity contribution in [1.29, 1.82) is 0 Å². The number of nitro benzene ring substituents is 1. The molecule has 1 aromatic carbocycles. The number of hydrogen-bond donors (Lipinski definition) is 1. The van der Waals surface area contributed by atoms with Crippen molar-refractivity contribution in [2.45, 2.75) is 6.54 Å². The van der Waals surface area contributed by atoms with Crippen LogP contribution < -0.4 is 5.32 Å². The number of aromatic nitrogens is 2. The minimum atomic E-state index is -0.469. The van der Waals surface area contributed by atoms with Gasteiger partial charge in [0.15, 0.2) is 0 Å². The molecule has 0 aliphatic heterocycles. The van der Waals surface area contributed by atoms with Crippen LogP contribution >= 0.6 is 0 Å². The highest BCUT2D eigenvalue weighted by Gasteiger charge is 2.18. The second-order valence-corrected chi connectivity index (χ2v) is 3.32. The van der Waals surface area contributed by atoms with Gasteiger partial charge in [0.1, 0.15) is 5.56 Å². The number of nitrogens with one attached hydrogen (secondary N) is 1. The number of rotatable bonds is 4. The molecule has 0 saturated heterocycles. The molecule has 0 bridgehead atoms. The lowest BCUT2D eigenvalue weighted by atomic mass is 10.2. The minimum absolute atomic E-state index is 0.0377. The maximum atomic E-state index is 10.8. The van der Waals surface area contributed by atoms with Crippen LogP contribution in [-0.2, 0) is 6.54 Å². The van der Waals surface area contributed by atoms with Crippen molar-refractivity contribution < 1.29 is 9.45 Å². The fourth-order valence-electron chi connectivity index (χ4n) is 1.41. The molecule has 1 N–H and O–H groups in total. The molecule has 2 aromatic rings. The third kappa shape index (κ3) is 2.28. The van der Waals surface area contributed by atoms with Crippen molar-refractivity contribution in [3.05, 3.63) is 40.3 Å². The van der Waals surface area contributed by atoms with Crippen molar-refractivity contribution >= 4 is 5.69 Å². The highest BCUT2D eigenvalue weighted by molar-refractivity contribution is 5.67. The molecule has 0 aliphatic rings. The Labute approximate surface area is 96.6 Å². The largest absolute Gasteiger partial charge is 0.338 e. The van der Waals surface area contributed by atoms with Crippen LogP contribution in [0.1, 0.15) is 5.89 Å². The summed E-state index contributed by atoms with van der Waals surface area (Å²) >= 11 is 0. The molecular formula is C10H10N4O3. The van der Waals surface area contributed by atoms with Crippen molar-refractivity contribution in [3.63, 3.8) is 0 Å². The summed E-state index contributed by atoms with van der Waals surface area (Å²) in [7, 11) is 1.74. The van der Waals surface area contributed by atoms with E-state index in [9.17, 15) is 10.1 Å². The van der Waals surface area contributed by atoms with Gasteiger partial charge < -0.3 is 9.84 Å². The molecule has 17 heavy (non-hydrogen) atoms. The Morgan fingerprint density at radius 3 is 2.94 bits per heavy atom. The normalized spacial score (nSPS) is 10.4. The van der Waals surface area contributed by atoms with E-state index in [0.717, 1.165) is 0 Å². The lowest BCUT2D eigenvalue weighted by Gasteiger charge is -1.96. The minimum Gasteiger partial charge on any atom is -0.338 e. The van der Waals surface area contributed by atoms with E-state index in [4.69, 9.17) is 4.52 Å². The number of para-hydroxylation sites is 1. The molecule has 2 rings (SSSR count). The molecule has 0 unspecified atom stereocenters. The highest BCUT2D eigenvalue weighted by atomic mass is 16.6. The molecular weight excluding hydrogens is 224 g/mol. The number of nitrogens with zero attached hydrogens (tertiary/aromatic N) is 3. The Hall–Kier alpha value is -2.28. The summed E-state index contributed by atoms with van der Waals surface area (Å²) in [4.78, 5) is 14.4. The molecule has 88 valence electrons. The first-order valence-electron chi connectivity index (χ1n) is 4.93. The SMILES string of the molecule is CNCc1nc(-c2ccccc2[N+](=O)[O-])no1. The van der Waals surface area contributed by atoms with Crippen LogP contribution in [0.2, 0.25) is 0 Å². The molecule has 0 spiro atoms. The molecule has 0 radical (unpaired) electrons. The van der Waals surface area contributed by atoms with E-state index in [-0.39, 0.29) is 11.5 Å². The highest BCUT2D eigenvalue weighted by Crippen LogP contribution is 2.26. The first-order valence-corrected chi connectivity index (χ1v) is 4.93. The monoisotopic (exact) mass is 234 g/mol. The second kappa shape index (κ2) is 4.71. The summed E-state index contributed by atoms with van der Waals surface area (Å²) in [5.74, 6) is 0.614. The topological polar surface area (TPSA) is 94.1 Å². The van der Waals surface area contributed by atoms with Gasteiger partial charge >= 0.3 is 0 Å². The number of hydrogen-bond acceptors (Lipinski definition) is 6. The molecule has 0 fully saturated rings. The van der Waals surface area contributed by atoms with E-state index in [1.165, 1.54) is 6.07 Å². The van der Waals surface area contributed by atoms with E-state index in [0.29, 0.717) is 18.0 Å². The molecule has 0 atom stereocenters. The van der Waals surface area contributed by atoms with E-state index in [1.54, 1.807) is 25.2 Å². The number of benzene rings is 1. The molecule has 0 saturated carbocycles. The van der Waals surface area contributed by atoms with Gasteiger partial charge in [-0.05, 0) is 13.1 Å². The average Bonchev–Trinajstić information content (AvgIpc) is 2.78. The van der Waals surface area contributed by atoms with Crippen molar-refractivity contribution in [2.75, 3.05) is 7.05 Å². The zero-order valence-corrected chi connectivity index (χ0v) is 9.08. The van der Waals surface area contributed by atoms with Crippen LogP contribution in [0, 0.1) is 10.1 Å². The van der Waals surface area contributed by atoms with Gasteiger partial charge in [-0.15, -0.1) is 0 Å². The van der Waals surface area contributed by atoms with E-state index >= 15 is 0 Å². The molecule has 0 aliphatic carbocycles. The van der Waals surface area contributed by atoms with E-state index < -0.39 is 4.92 Å². The van der Waals surface area contributed by atoms with Crippen molar-refractivity contribution in [2.24, 2.45) is 0 Å². The molecule has 0 amide bonds. The summed E-state index contributed by atoms with van der Waals surface area (Å²) in [6.45, 7) is 0.424. The van der Waals surface area contributed by atoms with Crippen LogP contribution in [-0.4, -0.2) is 22.1 Å². The van der Waals surface area contributed by atoms with E-state index in [2.05, 4.69) is 15.5 Å². The summed E-state index contributed by atoms with van der Waals surface area (Å²) in [5, 5.41) is 17.4. The van der Waals surface area contributed by atoms with Crippen LogP contribution in [0.5, 0.6) is 0 Å². The Kier molecular flexibility index (Phi) is 3.10. The third-order valence-electron chi connectivity index (χ3n) is 2.14. The fraction of sp³-hybridized carbons (Fsp3) is 0.200. The summed E-state index contributed by atoms with van der Waals surface area (Å²) in [6.07, 6.45) is 0. The van der Waals surface area contributed by atoms with Gasteiger partial charge in [0.25, 0.3) is 5.69 Å². The quantitative estimate of drug-likeness (QED) is 0.634. The van der Waals surface area contributed by atoms with Crippen LogP contribution in [0.25, 0.3) is 11.4 Å². The Balaban J connectivity index is 2.41. The zero-order valence-electron chi connectivity index (χ0n) is 9.08. The van der Waals surface area contributed by atoms with Gasteiger partial charge in [-0.25, -0.2) is 0 Å².